The van der Waals surface area contributed by atoms with Gasteiger partial charge in [-0.25, -0.2) is 0 Å². The molecule has 0 aliphatic carbocycles. The first kappa shape index (κ1) is 22.7. The molecule has 0 aromatic heterocycles. The van der Waals surface area contributed by atoms with Gasteiger partial charge in [-0.1, -0.05) is 13.8 Å². The normalized spacial score (nSPS) is 13.0. The molecule has 1 atom stereocenters. The summed E-state index contributed by atoms with van der Waals surface area (Å²) in [4.78, 5) is 18.4. The van der Waals surface area contributed by atoms with Crippen LogP contribution in [-0.2, 0) is 9.53 Å². The van der Waals surface area contributed by atoms with Crippen LogP contribution < -0.4 is 10.6 Å². The van der Waals surface area contributed by atoms with Gasteiger partial charge in [0.2, 0.25) is 5.91 Å². The van der Waals surface area contributed by atoms with E-state index in [0.717, 1.165) is 38.6 Å². The minimum atomic E-state index is 0.180. The van der Waals surface area contributed by atoms with Crippen LogP contribution in [0.15, 0.2) is 4.99 Å². The van der Waals surface area contributed by atoms with Crippen molar-refractivity contribution in [1.29, 1.82) is 0 Å². The van der Waals surface area contributed by atoms with Crippen LogP contribution in [0, 0.1) is 5.92 Å². The first-order valence-electron chi connectivity index (χ1n) is 9.41. The van der Waals surface area contributed by atoms with Gasteiger partial charge in [-0.15, -0.1) is 0 Å². The van der Waals surface area contributed by atoms with Crippen LogP contribution in [0.5, 0.6) is 0 Å². The van der Waals surface area contributed by atoms with E-state index < -0.39 is 0 Å². The predicted molar refractivity (Wildman–Crippen MR) is 101 cm³/mol. The number of ether oxygens (including phenoxy) is 1. The average molecular weight is 343 g/mol. The Bertz CT molecular complexity index is 355. The van der Waals surface area contributed by atoms with Crippen molar-refractivity contribution in [3.63, 3.8) is 0 Å². The molecule has 0 aliphatic rings. The van der Waals surface area contributed by atoms with Gasteiger partial charge in [-0.3, -0.25) is 9.79 Å². The second-order valence-corrected chi connectivity index (χ2v) is 6.03. The van der Waals surface area contributed by atoms with Crippen LogP contribution in [0.4, 0.5) is 0 Å². The summed E-state index contributed by atoms with van der Waals surface area (Å²) in [5.41, 5.74) is 0. The molecular weight excluding hydrogens is 304 g/mol. The largest absolute Gasteiger partial charge is 0.378 e. The molecule has 1 amide bonds. The first-order chi connectivity index (χ1) is 11.5. The maximum absolute atomic E-state index is 12.0. The molecule has 0 bridgehead atoms. The number of amides is 1. The van der Waals surface area contributed by atoms with Crippen LogP contribution in [-0.4, -0.2) is 62.2 Å². The SMILES string of the molecule is CCNC(=NCCC(OCC)C(C)C)NCCC(=O)N(CC)CC. The lowest BCUT2D eigenvalue weighted by Gasteiger charge is -2.20. The molecular formula is C18H38N4O2. The van der Waals surface area contributed by atoms with Crippen molar-refractivity contribution in [2.24, 2.45) is 10.9 Å². The van der Waals surface area contributed by atoms with E-state index in [1.54, 1.807) is 0 Å². The minimum Gasteiger partial charge on any atom is -0.378 e. The van der Waals surface area contributed by atoms with Gasteiger partial charge in [0, 0.05) is 45.8 Å². The van der Waals surface area contributed by atoms with Gasteiger partial charge < -0.3 is 20.3 Å². The van der Waals surface area contributed by atoms with Crippen molar-refractivity contribution in [3.05, 3.63) is 0 Å². The lowest BCUT2D eigenvalue weighted by atomic mass is 10.0. The van der Waals surface area contributed by atoms with Crippen LogP contribution in [0.1, 0.15) is 54.4 Å². The highest BCUT2D eigenvalue weighted by atomic mass is 16.5. The monoisotopic (exact) mass is 342 g/mol. The second-order valence-electron chi connectivity index (χ2n) is 6.03. The maximum atomic E-state index is 12.0. The van der Waals surface area contributed by atoms with Crippen LogP contribution in [0.25, 0.3) is 0 Å². The smallest absolute Gasteiger partial charge is 0.224 e. The fourth-order valence-electron chi connectivity index (χ4n) is 2.49. The molecule has 1 unspecified atom stereocenters. The van der Waals surface area contributed by atoms with Crippen molar-refractivity contribution < 1.29 is 9.53 Å². The third-order valence-electron chi connectivity index (χ3n) is 3.90. The van der Waals surface area contributed by atoms with E-state index >= 15 is 0 Å². The summed E-state index contributed by atoms with van der Waals surface area (Å²) >= 11 is 0. The summed E-state index contributed by atoms with van der Waals surface area (Å²) in [5.74, 6) is 1.44. The summed E-state index contributed by atoms with van der Waals surface area (Å²) < 4.78 is 5.75. The van der Waals surface area contributed by atoms with Crippen LogP contribution >= 0.6 is 0 Å². The number of nitrogens with zero attached hydrogens (tertiary/aromatic N) is 2. The lowest BCUT2D eigenvalue weighted by Crippen LogP contribution is -2.40. The summed E-state index contributed by atoms with van der Waals surface area (Å²) in [6, 6.07) is 0. The van der Waals surface area contributed by atoms with E-state index in [-0.39, 0.29) is 12.0 Å². The van der Waals surface area contributed by atoms with E-state index in [1.165, 1.54) is 0 Å². The molecule has 0 aliphatic heterocycles. The lowest BCUT2D eigenvalue weighted by molar-refractivity contribution is -0.130. The van der Waals surface area contributed by atoms with Crippen molar-refractivity contribution in [3.8, 4) is 0 Å². The molecule has 142 valence electrons. The van der Waals surface area contributed by atoms with E-state index in [4.69, 9.17) is 4.74 Å². The average Bonchev–Trinajstić information content (AvgIpc) is 2.55. The number of hydrogen-bond acceptors (Lipinski definition) is 3. The third-order valence-corrected chi connectivity index (χ3v) is 3.90. The molecule has 0 rings (SSSR count). The minimum absolute atomic E-state index is 0.180. The van der Waals surface area contributed by atoms with Gasteiger partial charge >= 0.3 is 0 Å². The number of rotatable bonds is 12. The fourth-order valence-corrected chi connectivity index (χ4v) is 2.49. The van der Waals surface area contributed by atoms with Gasteiger partial charge in [0.1, 0.15) is 0 Å². The standard InChI is InChI=1S/C18H38N4O2/c1-7-19-18(20-13-11-16(15(5)6)24-10-4)21-14-12-17(23)22(8-2)9-3/h15-16H,7-14H2,1-6H3,(H2,19,20,21). The van der Waals surface area contributed by atoms with Gasteiger partial charge in [0.25, 0.3) is 0 Å². The Morgan fingerprint density at radius 2 is 1.79 bits per heavy atom. The van der Waals surface area contributed by atoms with Gasteiger partial charge in [0.05, 0.1) is 6.10 Å². The van der Waals surface area contributed by atoms with Crippen molar-refractivity contribution >= 4 is 11.9 Å². The molecule has 0 aromatic carbocycles. The number of guanidine groups is 1. The van der Waals surface area contributed by atoms with E-state index in [1.807, 2.05) is 32.6 Å². The van der Waals surface area contributed by atoms with E-state index in [0.29, 0.717) is 25.4 Å². The van der Waals surface area contributed by atoms with Gasteiger partial charge in [0.15, 0.2) is 5.96 Å². The molecule has 0 radical (unpaired) electrons. The van der Waals surface area contributed by atoms with Crippen molar-refractivity contribution in [2.45, 2.75) is 60.5 Å². The Labute approximate surface area is 148 Å². The zero-order valence-electron chi connectivity index (χ0n) is 16.5. The Morgan fingerprint density at radius 1 is 1.12 bits per heavy atom. The highest BCUT2D eigenvalue weighted by Gasteiger charge is 2.13. The van der Waals surface area contributed by atoms with Gasteiger partial charge in [-0.05, 0) is 40.0 Å². The number of aliphatic imine (C=N–C) groups is 1. The van der Waals surface area contributed by atoms with Crippen molar-refractivity contribution in [2.75, 3.05) is 39.3 Å². The topological polar surface area (TPSA) is 66.0 Å². The highest BCUT2D eigenvalue weighted by Crippen LogP contribution is 2.10. The summed E-state index contributed by atoms with van der Waals surface area (Å²) in [5, 5.41) is 6.46. The zero-order chi connectivity index (χ0) is 18.4. The quantitative estimate of drug-likeness (QED) is 0.422. The van der Waals surface area contributed by atoms with Gasteiger partial charge in [-0.2, -0.15) is 0 Å². The number of carbonyl (C=O) groups excluding carboxylic acids is 1. The van der Waals surface area contributed by atoms with Crippen LogP contribution in [0.3, 0.4) is 0 Å². The summed E-state index contributed by atoms with van der Waals surface area (Å²) in [6.45, 7) is 16.8. The zero-order valence-corrected chi connectivity index (χ0v) is 16.5. The van der Waals surface area contributed by atoms with Crippen molar-refractivity contribution in [1.82, 2.24) is 15.5 Å². The highest BCUT2D eigenvalue weighted by molar-refractivity contribution is 5.81. The molecule has 24 heavy (non-hydrogen) atoms. The molecule has 0 spiro atoms. The molecule has 6 heteroatoms. The maximum Gasteiger partial charge on any atom is 0.224 e. The number of carbonyl (C=O) groups is 1. The Hall–Kier alpha value is -1.30. The second kappa shape index (κ2) is 14.1. The van der Waals surface area contributed by atoms with E-state index in [9.17, 15) is 4.79 Å². The molecule has 0 heterocycles. The molecule has 0 aromatic rings. The molecule has 2 N–H and O–H groups in total. The van der Waals surface area contributed by atoms with Crippen LogP contribution in [0.2, 0.25) is 0 Å². The number of hydrogen-bond donors (Lipinski definition) is 2. The fraction of sp³-hybridized carbons (Fsp3) is 0.889. The molecule has 0 saturated carbocycles. The Kier molecular flexibility index (Phi) is 13.3. The predicted octanol–water partition coefficient (Wildman–Crippen LogP) is 2.25. The molecule has 6 nitrogen and oxygen atoms in total. The number of nitrogens with one attached hydrogen (secondary N) is 2. The third kappa shape index (κ3) is 9.75. The molecule has 0 saturated heterocycles. The Balaban J connectivity index is 4.34. The van der Waals surface area contributed by atoms with E-state index in [2.05, 4.69) is 29.5 Å². The summed E-state index contributed by atoms with van der Waals surface area (Å²) in [7, 11) is 0. The first-order valence-corrected chi connectivity index (χ1v) is 9.41. The Morgan fingerprint density at radius 3 is 2.29 bits per heavy atom. The molecule has 0 fully saturated rings. The summed E-state index contributed by atoms with van der Waals surface area (Å²) in [6.07, 6.45) is 1.63.